The second-order valence-electron chi connectivity index (χ2n) is 7.32. The molecule has 5 rings (SSSR count). The van der Waals surface area contributed by atoms with Crippen LogP contribution in [0, 0.1) is 5.92 Å². The monoisotopic (exact) mass is 390 g/mol. The molecule has 0 N–H and O–H groups in total. The Bertz CT molecular complexity index is 1280. The van der Waals surface area contributed by atoms with Crippen molar-refractivity contribution in [3.05, 3.63) is 85.4 Å². The number of benzene rings is 2. The Morgan fingerprint density at radius 2 is 1.89 bits per heavy atom. The standard InChI is InChI=1S/C22H18N2O3S/c1-13(25)18-19-15-10-6-7-11-16(15)27-22(18,2)23-21-24(19)20(26)17(28-21)12-14-8-4-3-5-9-14/h3-12,18-19H,1-2H3/b17-12-/t18-,19-,22+/m0/s1. The summed E-state index contributed by atoms with van der Waals surface area (Å²) >= 11 is 1.34. The highest BCUT2D eigenvalue weighted by atomic mass is 32.1. The van der Waals surface area contributed by atoms with Crippen molar-refractivity contribution < 1.29 is 9.53 Å². The van der Waals surface area contributed by atoms with E-state index < -0.39 is 17.7 Å². The molecule has 0 amide bonds. The lowest BCUT2D eigenvalue weighted by molar-refractivity contribution is -0.132. The summed E-state index contributed by atoms with van der Waals surface area (Å²) in [6.07, 6.45) is 1.87. The number of carbonyl (C=O) groups excluding carboxylic acids is 1. The first-order valence-electron chi connectivity index (χ1n) is 9.14. The summed E-state index contributed by atoms with van der Waals surface area (Å²) < 4.78 is 8.46. The molecular weight excluding hydrogens is 372 g/mol. The van der Waals surface area contributed by atoms with E-state index in [1.807, 2.05) is 67.6 Å². The fourth-order valence-electron chi connectivity index (χ4n) is 4.26. The van der Waals surface area contributed by atoms with Gasteiger partial charge in [0, 0.05) is 5.56 Å². The van der Waals surface area contributed by atoms with Gasteiger partial charge >= 0.3 is 0 Å². The molecular formula is C22H18N2O3S. The van der Waals surface area contributed by atoms with E-state index in [0.717, 1.165) is 11.1 Å². The largest absolute Gasteiger partial charge is 0.465 e. The number of hydrogen-bond donors (Lipinski definition) is 0. The van der Waals surface area contributed by atoms with Crippen LogP contribution < -0.4 is 19.6 Å². The van der Waals surface area contributed by atoms with E-state index >= 15 is 0 Å². The van der Waals surface area contributed by atoms with Crippen LogP contribution in [-0.4, -0.2) is 16.1 Å². The first-order chi connectivity index (χ1) is 13.5. The zero-order valence-corrected chi connectivity index (χ0v) is 16.3. The Kier molecular flexibility index (Phi) is 3.67. The minimum atomic E-state index is -1.02. The number of carbonyl (C=O) groups is 1. The molecule has 0 saturated heterocycles. The zero-order valence-electron chi connectivity index (χ0n) is 15.5. The third-order valence-corrected chi connectivity index (χ3v) is 6.40. The number of Topliss-reactive ketones (excluding diaryl/α,β-unsaturated/α-hetero) is 1. The number of ether oxygens (including phenoxy) is 1. The van der Waals surface area contributed by atoms with E-state index in [2.05, 4.69) is 0 Å². The quantitative estimate of drug-likeness (QED) is 0.675. The molecule has 2 aromatic carbocycles. The Hall–Kier alpha value is -2.99. The molecule has 2 aliphatic heterocycles. The van der Waals surface area contributed by atoms with Crippen molar-refractivity contribution in [2.75, 3.05) is 0 Å². The van der Waals surface area contributed by atoms with Crippen LogP contribution in [-0.2, 0) is 4.79 Å². The number of aromatic nitrogens is 1. The predicted octanol–water partition coefficient (Wildman–Crippen LogP) is 2.28. The van der Waals surface area contributed by atoms with E-state index in [0.29, 0.717) is 15.1 Å². The molecule has 2 aliphatic rings. The number of hydrogen-bond acceptors (Lipinski definition) is 5. The molecule has 0 radical (unpaired) electrons. The third kappa shape index (κ3) is 2.41. The number of ketones is 1. The topological polar surface area (TPSA) is 60.7 Å². The van der Waals surface area contributed by atoms with Crippen LogP contribution in [0.3, 0.4) is 0 Å². The Morgan fingerprint density at radius 3 is 2.64 bits per heavy atom. The Morgan fingerprint density at radius 1 is 1.18 bits per heavy atom. The second-order valence-corrected chi connectivity index (χ2v) is 8.33. The number of fused-ring (bicyclic) bond motifs is 6. The van der Waals surface area contributed by atoms with Crippen molar-refractivity contribution >= 4 is 23.2 Å². The highest BCUT2D eigenvalue weighted by Gasteiger charge is 2.53. The van der Waals surface area contributed by atoms with Crippen LogP contribution in [0.1, 0.15) is 31.0 Å². The number of para-hydroxylation sites is 1. The summed E-state index contributed by atoms with van der Waals surface area (Å²) in [5.41, 5.74) is 0.657. The lowest BCUT2D eigenvalue weighted by Crippen LogP contribution is -2.58. The van der Waals surface area contributed by atoms with Crippen LogP contribution in [0.25, 0.3) is 6.08 Å². The van der Waals surface area contributed by atoms with Gasteiger partial charge < -0.3 is 4.74 Å². The minimum absolute atomic E-state index is 0.0388. The molecule has 3 heterocycles. The maximum absolute atomic E-state index is 13.3. The summed E-state index contributed by atoms with van der Waals surface area (Å²) in [7, 11) is 0. The highest BCUT2D eigenvalue weighted by molar-refractivity contribution is 7.07. The molecule has 28 heavy (non-hydrogen) atoms. The number of thiazole rings is 1. The van der Waals surface area contributed by atoms with Gasteiger partial charge in [-0.05, 0) is 31.6 Å². The Labute approximate surface area is 165 Å². The average molecular weight is 390 g/mol. The lowest BCUT2D eigenvalue weighted by Gasteiger charge is -2.45. The van der Waals surface area contributed by atoms with Crippen molar-refractivity contribution in [3.63, 3.8) is 0 Å². The van der Waals surface area contributed by atoms with Crippen molar-refractivity contribution in [2.24, 2.45) is 10.9 Å². The number of nitrogens with zero attached hydrogens (tertiary/aromatic N) is 2. The van der Waals surface area contributed by atoms with Crippen LogP contribution in [0.15, 0.2) is 64.4 Å². The lowest BCUT2D eigenvalue weighted by atomic mass is 9.79. The number of rotatable bonds is 2. The van der Waals surface area contributed by atoms with Crippen molar-refractivity contribution in [3.8, 4) is 5.75 Å². The average Bonchev–Trinajstić information content (AvgIpc) is 2.95. The van der Waals surface area contributed by atoms with Gasteiger partial charge in [0.2, 0.25) is 5.72 Å². The van der Waals surface area contributed by atoms with Gasteiger partial charge in [0.15, 0.2) is 4.80 Å². The van der Waals surface area contributed by atoms with E-state index in [1.165, 1.54) is 11.3 Å². The van der Waals surface area contributed by atoms with Crippen LogP contribution >= 0.6 is 11.3 Å². The van der Waals surface area contributed by atoms with Gasteiger partial charge in [-0.2, -0.15) is 0 Å². The molecule has 5 nitrogen and oxygen atoms in total. The van der Waals surface area contributed by atoms with E-state index in [9.17, 15) is 9.59 Å². The molecule has 140 valence electrons. The Balaban J connectivity index is 1.83. The first kappa shape index (κ1) is 17.1. The van der Waals surface area contributed by atoms with Crippen LogP contribution in [0.4, 0.5) is 0 Å². The smallest absolute Gasteiger partial charge is 0.270 e. The molecule has 0 saturated carbocycles. The van der Waals surface area contributed by atoms with E-state index in [-0.39, 0.29) is 11.3 Å². The maximum atomic E-state index is 13.3. The fraction of sp³-hybridized carbons (Fsp3) is 0.227. The van der Waals surface area contributed by atoms with E-state index in [4.69, 9.17) is 9.73 Å². The van der Waals surface area contributed by atoms with Gasteiger partial charge in [-0.15, -0.1) is 0 Å². The zero-order chi connectivity index (χ0) is 19.5. The summed E-state index contributed by atoms with van der Waals surface area (Å²) in [6.45, 7) is 3.37. The van der Waals surface area contributed by atoms with Gasteiger partial charge in [0.25, 0.3) is 5.56 Å². The van der Waals surface area contributed by atoms with Crippen LogP contribution in [0.2, 0.25) is 0 Å². The molecule has 0 unspecified atom stereocenters. The molecule has 0 spiro atoms. The minimum Gasteiger partial charge on any atom is -0.465 e. The van der Waals surface area contributed by atoms with Crippen molar-refractivity contribution in [2.45, 2.75) is 25.6 Å². The summed E-state index contributed by atoms with van der Waals surface area (Å²) in [6, 6.07) is 16.9. The van der Waals surface area contributed by atoms with Crippen molar-refractivity contribution in [1.29, 1.82) is 0 Å². The molecule has 2 bridgehead atoms. The molecule has 3 atom stereocenters. The van der Waals surface area contributed by atoms with Gasteiger partial charge in [0.1, 0.15) is 17.5 Å². The molecule has 0 aliphatic carbocycles. The normalized spacial score (nSPS) is 25.3. The molecule has 0 fully saturated rings. The summed E-state index contributed by atoms with van der Waals surface area (Å²) in [5, 5.41) is 0. The second kappa shape index (κ2) is 6.01. The van der Waals surface area contributed by atoms with Gasteiger partial charge in [0.05, 0.1) is 10.6 Å². The van der Waals surface area contributed by atoms with E-state index in [1.54, 1.807) is 11.5 Å². The third-order valence-electron chi connectivity index (χ3n) is 5.42. The van der Waals surface area contributed by atoms with Gasteiger partial charge in [-0.3, -0.25) is 14.2 Å². The molecule has 3 aromatic rings. The highest BCUT2D eigenvalue weighted by Crippen LogP contribution is 2.47. The maximum Gasteiger partial charge on any atom is 0.270 e. The van der Waals surface area contributed by atoms with Gasteiger partial charge in [-0.1, -0.05) is 59.9 Å². The first-order valence-corrected chi connectivity index (χ1v) is 9.96. The molecule has 1 aromatic heterocycles. The molecule has 6 heteroatoms. The van der Waals surface area contributed by atoms with Crippen LogP contribution in [0.5, 0.6) is 5.75 Å². The summed E-state index contributed by atoms with van der Waals surface area (Å²) in [5.74, 6) is 0.0865. The summed E-state index contributed by atoms with van der Waals surface area (Å²) in [4.78, 5) is 31.2. The fourth-order valence-corrected chi connectivity index (χ4v) is 5.36. The predicted molar refractivity (Wildman–Crippen MR) is 107 cm³/mol. The van der Waals surface area contributed by atoms with Gasteiger partial charge in [-0.25, -0.2) is 4.99 Å². The van der Waals surface area contributed by atoms with Crippen molar-refractivity contribution in [1.82, 2.24) is 4.57 Å². The SMILES string of the molecule is CC(=O)[C@H]1[C@@H]2c3ccccc3O[C@@]1(C)N=c1s/c(=C\c3ccccc3)c(=O)n12.